The zero-order valence-electron chi connectivity index (χ0n) is 13.3. The van der Waals surface area contributed by atoms with Gasteiger partial charge in [0.1, 0.15) is 0 Å². The lowest BCUT2D eigenvalue weighted by Gasteiger charge is -2.21. The molecular formula is C18H27BrO2. The van der Waals surface area contributed by atoms with Crippen LogP contribution >= 0.6 is 15.9 Å². The fraction of sp³-hybridized carbons (Fsp3) is 0.611. The van der Waals surface area contributed by atoms with E-state index in [1.807, 2.05) is 12.1 Å². The molecule has 0 spiro atoms. The molecule has 0 amide bonds. The Morgan fingerprint density at radius 1 is 1.19 bits per heavy atom. The quantitative estimate of drug-likeness (QED) is 0.576. The van der Waals surface area contributed by atoms with Gasteiger partial charge in [-0.1, -0.05) is 74.2 Å². The highest BCUT2D eigenvalue weighted by Crippen LogP contribution is 2.30. The average molecular weight is 355 g/mol. The van der Waals surface area contributed by atoms with Crippen molar-refractivity contribution >= 4 is 21.9 Å². The highest BCUT2D eigenvalue weighted by atomic mass is 79.9. The van der Waals surface area contributed by atoms with Crippen LogP contribution in [0.4, 0.5) is 0 Å². The number of hydrogen-bond acceptors (Lipinski definition) is 1. The molecule has 2 unspecified atom stereocenters. The average Bonchev–Trinajstić information content (AvgIpc) is 2.44. The second-order valence-electron chi connectivity index (χ2n) is 6.41. The van der Waals surface area contributed by atoms with Crippen molar-refractivity contribution < 1.29 is 9.90 Å². The molecule has 0 aromatic heterocycles. The van der Waals surface area contributed by atoms with Crippen molar-refractivity contribution in [2.75, 3.05) is 5.33 Å². The van der Waals surface area contributed by atoms with Gasteiger partial charge < -0.3 is 5.11 Å². The normalized spacial score (nSPS) is 14.1. The van der Waals surface area contributed by atoms with Gasteiger partial charge in [0.25, 0.3) is 0 Å². The maximum atomic E-state index is 11.4. The largest absolute Gasteiger partial charge is 0.478 e. The molecule has 0 fully saturated rings. The molecule has 1 aromatic rings. The SMILES string of the molecule is CC(C)CCCC(C)CC(CBr)c1ccccc1C(=O)O. The molecule has 0 aliphatic carbocycles. The molecule has 2 atom stereocenters. The molecule has 0 heterocycles. The Kier molecular flexibility index (Phi) is 8.02. The van der Waals surface area contributed by atoms with Crippen LogP contribution in [0.3, 0.4) is 0 Å². The first-order valence-corrected chi connectivity index (χ1v) is 8.96. The van der Waals surface area contributed by atoms with E-state index in [0.717, 1.165) is 23.2 Å². The number of carboxylic acids is 1. The molecular weight excluding hydrogens is 328 g/mol. The van der Waals surface area contributed by atoms with Gasteiger partial charge in [-0.15, -0.1) is 0 Å². The van der Waals surface area contributed by atoms with E-state index in [2.05, 4.69) is 36.7 Å². The van der Waals surface area contributed by atoms with E-state index in [1.54, 1.807) is 12.1 Å². The van der Waals surface area contributed by atoms with Gasteiger partial charge in [-0.05, 0) is 35.8 Å². The van der Waals surface area contributed by atoms with Crippen LogP contribution in [0.25, 0.3) is 0 Å². The molecule has 21 heavy (non-hydrogen) atoms. The van der Waals surface area contributed by atoms with Gasteiger partial charge in [-0.25, -0.2) is 4.79 Å². The summed E-state index contributed by atoms with van der Waals surface area (Å²) in [7, 11) is 0. The number of halogens is 1. The smallest absolute Gasteiger partial charge is 0.335 e. The van der Waals surface area contributed by atoms with E-state index in [9.17, 15) is 9.90 Å². The first kappa shape index (κ1) is 18.2. The Morgan fingerprint density at radius 3 is 2.43 bits per heavy atom. The first-order chi connectivity index (χ1) is 9.95. The van der Waals surface area contributed by atoms with Crippen LogP contribution in [-0.4, -0.2) is 16.4 Å². The van der Waals surface area contributed by atoms with Crippen LogP contribution in [0.1, 0.15) is 68.3 Å². The number of alkyl halides is 1. The molecule has 0 bridgehead atoms. The third-order valence-electron chi connectivity index (χ3n) is 3.98. The van der Waals surface area contributed by atoms with E-state index in [0.29, 0.717) is 11.5 Å². The molecule has 3 heteroatoms. The molecule has 1 rings (SSSR count). The van der Waals surface area contributed by atoms with Gasteiger partial charge >= 0.3 is 5.97 Å². The zero-order chi connectivity index (χ0) is 15.8. The maximum absolute atomic E-state index is 11.4. The van der Waals surface area contributed by atoms with Gasteiger partial charge in [-0.2, -0.15) is 0 Å². The van der Waals surface area contributed by atoms with E-state index in [-0.39, 0.29) is 5.92 Å². The number of hydrogen-bond donors (Lipinski definition) is 1. The van der Waals surface area contributed by atoms with Gasteiger partial charge in [0, 0.05) is 5.33 Å². The van der Waals surface area contributed by atoms with Crippen molar-refractivity contribution in [1.29, 1.82) is 0 Å². The van der Waals surface area contributed by atoms with E-state index >= 15 is 0 Å². The zero-order valence-corrected chi connectivity index (χ0v) is 14.9. The lowest BCUT2D eigenvalue weighted by Crippen LogP contribution is -2.12. The molecule has 0 radical (unpaired) electrons. The second kappa shape index (κ2) is 9.24. The third kappa shape index (κ3) is 6.21. The predicted octanol–water partition coefficient (Wildman–Crippen LogP) is 5.72. The van der Waals surface area contributed by atoms with Crippen molar-refractivity contribution in [3.63, 3.8) is 0 Å². The van der Waals surface area contributed by atoms with Gasteiger partial charge in [-0.3, -0.25) is 0 Å². The minimum absolute atomic E-state index is 0.270. The van der Waals surface area contributed by atoms with Crippen molar-refractivity contribution in [3.8, 4) is 0 Å². The first-order valence-electron chi connectivity index (χ1n) is 7.83. The molecule has 0 saturated heterocycles. The lowest BCUT2D eigenvalue weighted by molar-refractivity contribution is 0.0695. The molecule has 1 aromatic carbocycles. The van der Waals surface area contributed by atoms with Crippen LogP contribution in [-0.2, 0) is 0 Å². The standard InChI is InChI=1S/C18H27BrO2/c1-13(2)7-6-8-14(3)11-15(12-19)16-9-4-5-10-17(16)18(20)21/h4-5,9-10,13-15H,6-8,11-12H2,1-3H3,(H,20,21). The third-order valence-corrected chi connectivity index (χ3v) is 4.76. The second-order valence-corrected chi connectivity index (χ2v) is 7.06. The lowest BCUT2D eigenvalue weighted by atomic mass is 9.86. The summed E-state index contributed by atoms with van der Waals surface area (Å²) in [6, 6.07) is 7.39. The minimum Gasteiger partial charge on any atom is -0.478 e. The topological polar surface area (TPSA) is 37.3 Å². The van der Waals surface area contributed by atoms with Gasteiger partial charge in [0.15, 0.2) is 0 Å². The number of rotatable bonds is 9. The van der Waals surface area contributed by atoms with Crippen molar-refractivity contribution in [3.05, 3.63) is 35.4 Å². The van der Waals surface area contributed by atoms with Crippen LogP contribution in [0.5, 0.6) is 0 Å². The van der Waals surface area contributed by atoms with Crippen LogP contribution in [0.15, 0.2) is 24.3 Å². The number of benzene rings is 1. The Labute approximate surface area is 137 Å². The summed E-state index contributed by atoms with van der Waals surface area (Å²) in [5, 5.41) is 10.1. The fourth-order valence-electron chi connectivity index (χ4n) is 2.80. The van der Waals surface area contributed by atoms with E-state index in [4.69, 9.17) is 0 Å². The monoisotopic (exact) mass is 354 g/mol. The van der Waals surface area contributed by atoms with Crippen LogP contribution < -0.4 is 0 Å². The minimum atomic E-state index is -0.830. The molecule has 118 valence electrons. The Morgan fingerprint density at radius 2 is 1.86 bits per heavy atom. The summed E-state index contributed by atoms with van der Waals surface area (Å²) in [5.74, 6) is 0.820. The summed E-state index contributed by atoms with van der Waals surface area (Å²) >= 11 is 3.56. The summed E-state index contributed by atoms with van der Waals surface area (Å²) in [6.07, 6.45) is 4.79. The van der Waals surface area contributed by atoms with Gasteiger partial charge in [0.05, 0.1) is 5.56 Å². The fourth-order valence-corrected chi connectivity index (χ4v) is 3.41. The molecule has 0 aliphatic heterocycles. The number of carbonyl (C=O) groups is 1. The predicted molar refractivity (Wildman–Crippen MR) is 92.4 cm³/mol. The Hall–Kier alpha value is -0.830. The highest BCUT2D eigenvalue weighted by Gasteiger charge is 2.20. The van der Waals surface area contributed by atoms with E-state index in [1.165, 1.54) is 19.3 Å². The summed E-state index contributed by atoms with van der Waals surface area (Å²) in [6.45, 7) is 6.80. The Bertz CT molecular complexity index is 443. The van der Waals surface area contributed by atoms with Crippen molar-refractivity contribution in [2.24, 2.45) is 11.8 Å². The van der Waals surface area contributed by atoms with Crippen molar-refractivity contribution in [1.82, 2.24) is 0 Å². The van der Waals surface area contributed by atoms with Crippen LogP contribution in [0.2, 0.25) is 0 Å². The molecule has 2 nitrogen and oxygen atoms in total. The number of aromatic carboxylic acids is 1. The molecule has 0 saturated carbocycles. The van der Waals surface area contributed by atoms with Crippen molar-refractivity contribution in [2.45, 2.75) is 52.4 Å². The Balaban J connectivity index is 2.68. The summed E-state index contributed by atoms with van der Waals surface area (Å²) in [4.78, 5) is 11.4. The molecule has 1 N–H and O–H groups in total. The number of carboxylic acid groups (broad SMARTS) is 1. The van der Waals surface area contributed by atoms with E-state index < -0.39 is 5.97 Å². The summed E-state index contributed by atoms with van der Waals surface area (Å²) < 4.78 is 0. The van der Waals surface area contributed by atoms with Crippen LogP contribution in [0, 0.1) is 11.8 Å². The summed E-state index contributed by atoms with van der Waals surface area (Å²) in [5.41, 5.74) is 1.40. The highest BCUT2D eigenvalue weighted by molar-refractivity contribution is 9.09. The van der Waals surface area contributed by atoms with Gasteiger partial charge in [0.2, 0.25) is 0 Å². The molecule has 0 aliphatic rings. The maximum Gasteiger partial charge on any atom is 0.335 e.